The number of carbonyl (C=O) groups excluding carboxylic acids is 3. The van der Waals surface area contributed by atoms with Gasteiger partial charge in [0, 0.05) is 24.2 Å². The molecular weight excluding hydrogens is 394 g/mol. The second-order valence-electron chi connectivity index (χ2n) is 7.38. The molecule has 2 aromatic carbocycles. The van der Waals surface area contributed by atoms with Gasteiger partial charge in [0.2, 0.25) is 0 Å². The molecule has 7 nitrogen and oxygen atoms in total. The van der Waals surface area contributed by atoms with Crippen molar-refractivity contribution in [2.45, 2.75) is 47.2 Å². The smallest absolute Gasteiger partial charge is 0.338 e. The molecule has 7 heteroatoms. The lowest BCUT2D eigenvalue weighted by Gasteiger charge is -2.12. The molecule has 1 amide bonds. The highest BCUT2D eigenvalue weighted by molar-refractivity contribution is 5.97. The number of esters is 1. The first-order valence-corrected chi connectivity index (χ1v) is 10.4. The summed E-state index contributed by atoms with van der Waals surface area (Å²) < 4.78 is 9.17. The van der Waals surface area contributed by atoms with E-state index in [-0.39, 0.29) is 17.7 Å². The normalized spacial score (nSPS) is 11.9. The van der Waals surface area contributed by atoms with Crippen molar-refractivity contribution < 1.29 is 23.7 Å². The molecule has 162 valence electrons. The number of Topliss-reactive ketones (excluding diaryl/α,β-unsaturated/α-hetero) is 1. The number of aromatic nitrogens is 2. The number of nitrogens with zero attached hydrogens (tertiary/aromatic N) is 2. The Morgan fingerprint density at radius 2 is 1.71 bits per heavy atom. The highest BCUT2D eigenvalue weighted by atomic mass is 16.5. The van der Waals surface area contributed by atoms with E-state index in [2.05, 4.69) is 9.88 Å². The number of carbonyl (C=O) groups is 3. The Morgan fingerprint density at radius 3 is 2.29 bits per heavy atom. The van der Waals surface area contributed by atoms with Crippen LogP contribution < -0.4 is 9.88 Å². The average Bonchev–Trinajstić information content (AvgIpc) is 3.03. The summed E-state index contributed by atoms with van der Waals surface area (Å²) in [4.78, 5) is 36.7. The summed E-state index contributed by atoms with van der Waals surface area (Å²) in [7, 11) is 0. The molecule has 1 atom stereocenters. The van der Waals surface area contributed by atoms with Crippen LogP contribution in [-0.2, 0) is 16.1 Å². The third-order valence-electron chi connectivity index (χ3n) is 5.42. The fourth-order valence-electron chi connectivity index (χ4n) is 3.80. The van der Waals surface area contributed by atoms with Gasteiger partial charge in [-0.2, -0.15) is 0 Å². The Morgan fingerprint density at radius 1 is 1.06 bits per heavy atom. The summed E-state index contributed by atoms with van der Waals surface area (Å²) in [5, 5.41) is 2.91. The van der Waals surface area contributed by atoms with Crippen molar-refractivity contribution in [1.29, 1.82) is 0 Å². The number of fused-ring (bicyclic) bond motifs is 1. The standard InChI is InChI=1S/C24H27N3O4/c1-6-26-17(5)27(22-14-19(10-13-21(22)26)24(30)31-7-2)15(3)23(29)25-20-11-8-18(9-12-20)16(4)28/h8-15H,6-7H2,1-5H3/p+1/t15-/m1/s1. The summed E-state index contributed by atoms with van der Waals surface area (Å²) >= 11 is 0. The molecule has 0 saturated carbocycles. The maximum Gasteiger partial charge on any atom is 0.338 e. The van der Waals surface area contributed by atoms with Crippen molar-refractivity contribution in [2.75, 3.05) is 11.9 Å². The topological polar surface area (TPSA) is 81.3 Å². The second-order valence-corrected chi connectivity index (χ2v) is 7.38. The van der Waals surface area contributed by atoms with Gasteiger partial charge in [0.15, 0.2) is 22.9 Å². The lowest BCUT2D eigenvalue weighted by atomic mass is 10.1. The van der Waals surface area contributed by atoms with E-state index in [4.69, 9.17) is 4.74 Å². The van der Waals surface area contributed by atoms with E-state index in [0.29, 0.717) is 23.4 Å². The number of hydrogen-bond donors (Lipinski definition) is 1. The minimum absolute atomic E-state index is 0.0257. The highest BCUT2D eigenvalue weighted by Crippen LogP contribution is 2.23. The Balaban J connectivity index is 1.98. The van der Waals surface area contributed by atoms with Crippen LogP contribution in [0.15, 0.2) is 42.5 Å². The molecular formula is C24H28N3O4+. The van der Waals surface area contributed by atoms with Crippen LogP contribution in [0.3, 0.4) is 0 Å². The summed E-state index contributed by atoms with van der Waals surface area (Å²) in [6, 6.07) is 11.7. The minimum Gasteiger partial charge on any atom is -0.462 e. The first-order chi connectivity index (χ1) is 14.8. The number of ether oxygens (including phenoxy) is 1. The summed E-state index contributed by atoms with van der Waals surface area (Å²) in [6.07, 6.45) is 0. The van der Waals surface area contributed by atoms with Crippen LogP contribution in [0.4, 0.5) is 5.69 Å². The van der Waals surface area contributed by atoms with E-state index in [1.807, 2.05) is 31.4 Å². The van der Waals surface area contributed by atoms with Crippen LogP contribution in [0, 0.1) is 6.92 Å². The number of benzene rings is 2. The summed E-state index contributed by atoms with van der Waals surface area (Å²) in [5.41, 5.74) is 3.39. The lowest BCUT2D eigenvalue weighted by Crippen LogP contribution is -2.36. The van der Waals surface area contributed by atoms with Gasteiger partial charge in [-0.25, -0.2) is 13.9 Å². The van der Waals surface area contributed by atoms with Crippen molar-refractivity contribution in [3.05, 3.63) is 59.4 Å². The van der Waals surface area contributed by atoms with Gasteiger partial charge in [0.25, 0.3) is 11.7 Å². The van der Waals surface area contributed by atoms with E-state index < -0.39 is 6.04 Å². The first-order valence-electron chi connectivity index (χ1n) is 10.4. The number of hydrogen-bond acceptors (Lipinski definition) is 4. The van der Waals surface area contributed by atoms with Crippen LogP contribution in [0.5, 0.6) is 0 Å². The molecule has 1 aromatic heterocycles. The molecule has 1 N–H and O–H groups in total. The SMILES string of the molecule is CCOC(=O)c1ccc2c(c1)n([C@H](C)C(=O)Nc1ccc(C(C)=O)cc1)c(C)[n+]2CC. The summed E-state index contributed by atoms with van der Waals surface area (Å²) in [6.45, 7) is 10.1. The van der Waals surface area contributed by atoms with E-state index in [9.17, 15) is 14.4 Å². The fraction of sp³-hybridized carbons (Fsp3) is 0.333. The molecule has 0 saturated heterocycles. The Kier molecular flexibility index (Phi) is 6.53. The highest BCUT2D eigenvalue weighted by Gasteiger charge is 2.30. The largest absolute Gasteiger partial charge is 0.462 e. The number of ketones is 1. The number of aryl methyl sites for hydroxylation is 1. The van der Waals surface area contributed by atoms with Gasteiger partial charge < -0.3 is 10.1 Å². The number of anilines is 1. The van der Waals surface area contributed by atoms with Crippen molar-refractivity contribution in [3.8, 4) is 0 Å². The van der Waals surface area contributed by atoms with Crippen LogP contribution in [-0.4, -0.2) is 28.8 Å². The molecule has 0 aliphatic carbocycles. The second kappa shape index (κ2) is 9.12. The van der Waals surface area contributed by atoms with Gasteiger partial charge in [0.05, 0.1) is 18.7 Å². The van der Waals surface area contributed by atoms with E-state index in [1.54, 1.807) is 43.3 Å². The Bertz CT molecular complexity index is 1150. The van der Waals surface area contributed by atoms with Crippen molar-refractivity contribution in [2.24, 2.45) is 0 Å². The van der Waals surface area contributed by atoms with Crippen LogP contribution >= 0.6 is 0 Å². The fourth-order valence-corrected chi connectivity index (χ4v) is 3.80. The van der Waals surface area contributed by atoms with E-state index in [0.717, 1.165) is 23.4 Å². The zero-order valence-corrected chi connectivity index (χ0v) is 18.6. The minimum atomic E-state index is -0.528. The van der Waals surface area contributed by atoms with Gasteiger partial charge in [0.1, 0.15) is 0 Å². The molecule has 0 aliphatic rings. The predicted molar refractivity (Wildman–Crippen MR) is 118 cm³/mol. The maximum atomic E-state index is 13.0. The molecule has 0 radical (unpaired) electrons. The van der Waals surface area contributed by atoms with Gasteiger partial charge in [-0.1, -0.05) is 0 Å². The molecule has 0 fully saturated rings. The molecule has 0 unspecified atom stereocenters. The van der Waals surface area contributed by atoms with Crippen molar-refractivity contribution >= 4 is 34.4 Å². The lowest BCUT2D eigenvalue weighted by molar-refractivity contribution is -0.675. The number of amides is 1. The zero-order valence-electron chi connectivity index (χ0n) is 18.6. The average molecular weight is 423 g/mol. The van der Waals surface area contributed by atoms with Gasteiger partial charge >= 0.3 is 5.97 Å². The Hall–Kier alpha value is -3.48. The third kappa shape index (κ3) is 4.35. The number of nitrogens with one attached hydrogen (secondary N) is 1. The molecule has 1 heterocycles. The van der Waals surface area contributed by atoms with Gasteiger partial charge in [-0.3, -0.25) is 9.59 Å². The van der Waals surface area contributed by atoms with E-state index >= 15 is 0 Å². The van der Waals surface area contributed by atoms with E-state index in [1.165, 1.54) is 6.92 Å². The number of imidazole rings is 1. The van der Waals surface area contributed by atoms with Crippen LogP contribution in [0.1, 0.15) is 60.3 Å². The quantitative estimate of drug-likeness (QED) is 0.356. The molecule has 0 spiro atoms. The molecule has 3 rings (SSSR count). The zero-order chi connectivity index (χ0) is 22.7. The van der Waals surface area contributed by atoms with Gasteiger partial charge in [-0.15, -0.1) is 0 Å². The molecule has 31 heavy (non-hydrogen) atoms. The summed E-state index contributed by atoms with van der Waals surface area (Å²) in [5.74, 6) is 0.302. The molecule has 0 aliphatic heterocycles. The monoisotopic (exact) mass is 422 g/mol. The van der Waals surface area contributed by atoms with Crippen LogP contribution in [0.25, 0.3) is 11.0 Å². The molecule has 3 aromatic rings. The van der Waals surface area contributed by atoms with Crippen LogP contribution in [0.2, 0.25) is 0 Å². The molecule has 0 bridgehead atoms. The number of rotatable bonds is 7. The van der Waals surface area contributed by atoms with Crippen molar-refractivity contribution in [3.63, 3.8) is 0 Å². The third-order valence-corrected chi connectivity index (χ3v) is 5.42. The maximum absolute atomic E-state index is 13.0. The Labute approximate surface area is 181 Å². The van der Waals surface area contributed by atoms with Gasteiger partial charge in [-0.05, 0) is 64.1 Å². The van der Waals surface area contributed by atoms with Crippen molar-refractivity contribution in [1.82, 2.24) is 4.57 Å². The first kappa shape index (κ1) is 22.2. The predicted octanol–water partition coefficient (Wildman–Crippen LogP) is 3.84.